The van der Waals surface area contributed by atoms with Crippen LogP contribution in [0.1, 0.15) is 57.6 Å². The zero-order chi connectivity index (χ0) is 14.5. The van der Waals surface area contributed by atoms with E-state index in [1.807, 2.05) is 12.3 Å². The van der Waals surface area contributed by atoms with Gasteiger partial charge in [-0.25, -0.2) is 0 Å². The molecule has 2 fully saturated rings. The maximum absolute atomic E-state index is 4.54. The minimum Gasteiger partial charge on any atom is -0.308 e. The second-order valence-electron chi connectivity index (χ2n) is 6.89. The molecule has 0 bridgehead atoms. The highest BCUT2D eigenvalue weighted by Gasteiger charge is 2.39. The van der Waals surface area contributed by atoms with Gasteiger partial charge in [0.1, 0.15) is 0 Å². The Hall–Kier alpha value is -0.930. The molecule has 3 rings (SSSR count). The summed E-state index contributed by atoms with van der Waals surface area (Å²) >= 11 is 0. The normalized spacial score (nSPS) is 26.0. The zero-order valence-electron chi connectivity index (χ0n) is 13.4. The molecule has 1 aromatic rings. The van der Waals surface area contributed by atoms with E-state index in [1.165, 1.54) is 57.2 Å². The third-order valence-electron chi connectivity index (χ3n) is 5.26. The van der Waals surface area contributed by atoms with Gasteiger partial charge in [-0.1, -0.05) is 38.7 Å². The van der Waals surface area contributed by atoms with Crippen molar-refractivity contribution in [2.75, 3.05) is 13.1 Å². The third kappa shape index (κ3) is 3.64. The summed E-state index contributed by atoms with van der Waals surface area (Å²) in [4.78, 5) is 7.24. The number of hydrogen-bond acceptors (Lipinski definition) is 3. The topological polar surface area (TPSA) is 28.2 Å². The van der Waals surface area contributed by atoms with Crippen molar-refractivity contribution >= 4 is 0 Å². The van der Waals surface area contributed by atoms with Gasteiger partial charge in [-0.15, -0.1) is 0 Å². The standard InChI is InChI=1S/C18H29N3/c1-2-8-17-13-20-18(10-5-3-6-11-18)15-21(17)14-16-9-4-7-12-19-16/h4,7,9,12,17,20H,2-3,5-6,8,10-11,13-15H2,1H3. The number of hydrogen-bond donors (Lipinski definition) is 1. The number of piperazine rings is 1. The Morgan fingerprint density at radius 3 is 2.86 bits per heavy atom. The molecular weight excluding hydrogens is 258 g/mol. The first-order valence-electron chi connectivity index (χ1n) is 8.70. The molecule has 3 heteroatoms. The number of rotatable bonds is 4. The van der Waals surface area contributed by atoms with Gasteiger partial charge < -0.3 is 5.32 Å². The van der Waals surface area contributed by atoms with Crippen molar-refractivity contribution in [1.82, 2.24) is 15.2 Å². The van der Waals surface area contributed by atoms with Crippen LogP contribution in [0, 0.1) is 0 Å². The molecule has 1 atom stereocenters. The van der Waals surface area contributed by atoms with Crippen LogP contribution < -0.4 is 5.32 Å². The molecule has 3 nitrogen and oxygen atoms in total. The van der Waals surface area contributed by atoms with E-state index in [9.17, 15) is 0 Å². The van der Waals surface area contributed by atoms with Crippen LogP contribution in [0.5, 0.6) is 0 Å². The van der Waals surface area contributed by atoms with Crippen LogP contribution in [0.25, 0.3) is 0 Å². The summed E-state index contributed by atoms with van der Waals surface area (Å²) < 4.78 is 0. The fourth-order valence-corrected chi connectivity index (χ4v) is 4.10. The van der Waals surface area contributed by atoms with Crippen molar-refractivity contribution in [2.24, 2.45) is 0 Å². The summed E-state index contributed by atoms with van der Waals surface area (Å²) in [7, 11) is 0. The molecule has 1 aliphatic heterocycles. The van der Waals surface area contributed by atoms with Crippen LogP contribution in [0.15, 0.2) is 24.4 Å². The van der Waals surface area contributed by atoms with Crippen molar-refractivity contribution in [3.8, 4) is 0 Å². The molecule has 1 unspecified atom stereocenters. The van der Waals surface area contributed by atoms with Gasteiger partial charge in [0.05, 0.1) is 5.69 Å². The number of aromatic nitrogens is 1. The van der Waals surface area contributed by atoms with Crippen molar-refractivity contribution in [3.05, 3.63) is 30.1 Å². The van der Waals surface area contributed by atoms with Gasteiger partial charge in [0.15, 0.2) is 0 Å². The smallest absolute Gasteiger partial charge is 0.0544 e. The quantitative estimate of drug-likeness (QED) is 0.920. The van der Waals surface area contributed by atoms with Crippen LogP contribution in [-0.4, -0.2) is 34.6 Å². The van der Waals surface area contributed by atoms with E-state index < -0.39 is 0 Å². The lowest BCUT2D eigenvalue weighted by Gasteiger charge is -2.49. The van der Waals surface area contributed by atoms with Gasteiger partial charge in [-0.2, -0.15) is 0 Å². The average molecular weight is 287 g/mol. The highest BCUT2D eigenvalue weighted by molar-refractivity contribution is 5.06. The lowest BCUT2D eigenvalue weighted by molar-refractivity contribution is 0.0453. The molecule has 0 amide bonds. The first kappa shape index (κ1) is 15.0. The third-order valence-corrected chi connectivity index (χ3v) is 5.26. The molecular formula is C18H29N3. The predicted octanol–water partition coefficient (Wildman–Crippen LogP) is 3.36. The van der Waals surface area contributed by atoms with Crippen LogP contribution >= 0.6 is 0 Å². The summed E-state index contributed by atoms with van der Waals surface area (Å²) in [5.41, 5.74) is 1.60. The lowest BCUT2D eigenvalue weighted by atomic mass is 9.79. The highest BCUT2D eigenvalue weighted by atomic mass is 15.3. The Morgan fingerprint density at radius 1 is 1.29 bits per heavy atom. The van der Waals surface area contributed by atoms with Crippen molar-refractivity contribution in [1.29, 1.82) is 0 Å². The Kier molecular flexibility index (Phi) is 4.91. The Morgan fingerprint density at radius 2 is 2.14 bits per heavy atom. The van der Waals surface area contributed by atoms with Crippen molar-refractivity contribution in [2.45, 2.75) is 70.0 Å². The summed E-state index contributed by atoms with van der Waals surface area (Å²) in [6, 6.07) is 6.95. The molecule has 1 aliphatic carbocycles. The van der Waals surface area contributed by atoms with Gasteiger partial charge in [0.2, 0.25) is 0 Å². The van der Waals surface area contributed by atoms with Crippen LogP contribution in [-0.2, 0) is 6.54 Å². The lowest BCUT2D eigenvalue weighted by Crippen LogP contribution is -2.64. The molecule has 1 spiro atoms. The Balaban J connectivity index is 1.71. The minimum absolute atomic E-state index is 0.386. The van der Waals surface area contributed by atoms with E-state index in [0.29, 0.717) is 11.6 Å². The molecule has 1 saturated carbocycles. The molecule has 1 aromatic heterocycles. The van der Waals surface area contributed by atoms with E-state index in [1.54, 1.807) is 0 Å². The summed E-state index contributed by atoms with van der Waals surface area (Å²) in [5, 5.41) is 3.92. The van der Waals surface area contributed by atoms with E-state index >= 15 is 0 Å². The maximum Gasteiger partial charge on any atom is 0.0544 e. The van der Waals surface area contributed by atoms with E-state index in [-0.39, 0.29) is 0 Å². The van der Waals surface area contributed by atoms with Crippen LogP contribution in [0.3, 0.4) is 0 Å². The van der Waals surface area contributed by atoms with Crippen LogP contribution in [0.4, 0.5) is 0 Å². The van der Waals surface area contributed by atoms with Gasteiger partial charge in [0, 0.05) is 37.4 Å². The summed E-state index contributed by atoms with van der Waals surface area (Å²) in [6.45, 7) is 5.66. The zero-order valence-corrected chi connectivity index (χ0v) is 13.4. The first-order chi connectivity index (χ1) is 10.3. The van der Waals surface area contributed by atoms with Crippen molar-refractivity contribution in [3.63, 3.8) is 0 Å². The molecule has 1 saturated heterocycles. The van der Waals surface area contributed by atoms with Crippen LogP contribution in [0.2, 0.25) is 0 Å². The predicted molar refractivity (Wildman–Crippen MR) is 87.2 cm³/mol. The van der Waals surface area contributed by atoms with Gasteiger partial charge in [0.25, 0.3) is 0 Å². The monoisotopic (exact) mass is 287 g/mol. The Bertz CT molecular complexity index is 425. The summed E-state index contributed by atoms with van der Waals surface area (Å²) in [5.74, 6) is 0. The van der Waals surface area contributed by atoms with E-state index in [0.717, 1.165) is 13.1 Å². The minimum atomic E-state index is 0.386. The maximum atomic E-state index is 4.54. The fourth-order valence-electron chi connectivity index (χ4n) is 4.10. The van der Waals surface area contributed by atoms with Crippen molar-refractivity contribution < 1.29 is 0 Å². The number of nitrogens with one attached hydrogen (secondary N) is 1. The molecule has 0 radical (unpaired) electrons. The van der Waals surface area contributed by atoms with Gasteiger partial charge >= 0.3 is 0 Å². The summed E-state index contributed by atoms with van der Waals surface area (Å²) in [6.07, 6.45) is 11.4. The molecule has 0 aromatic carbocycles. The van der Waals surface area contributed by atoms with Gasteiger partial charge in [-0.3, -0.25) is 9.88 Å². The Labute approximate surface area is 129 Å². The molecule has 21 heavy (non-hydrogen) atoms. The SMILES string of the molecule is CCCC1CNC2(CCCCC2)CN1Cc1ccccn1. The molecule has 2 aliphatic rings. The fraction of sp³-hybridized carbons (Fsp3) is 0.722. The van der Waals surface area contributed by atoms with E-state index in [4.69, 9.17) is 0 Å². The van der Waals surface area contributed by atoms with E-state index in [2.05, 4.69) is 34.3 Å². The molecule has 116 valence electrons. The second kappa shape index (κ2) is 6.89. The number of nitrogens with zero attached hydrogens (tertiary/aromatic N) is 2. The molecule has 2 heterocycles. The second-order valence-corrected chi connectivity index (χ2v) is 6.89. The highest BCUT2D eigenvalue weighted by Crippen LogP contribution is 2.33. The number of pyridine rings is 1. The average Bonchev–Trinajstić information content (AvgIpc) is 2.52. The first-order valence-corrected chi connectivity index (χ1v) is 8.70. The largest absolute Gasteiger partial charge is 0.308 e. The molecule has 1 N–H and O–H groups in total. The van der Waals surface area contributed by atoms with Gasteiger partial charge in [-0.05, 0) is 31.4 Å².